The molecule has 1 heterocycles. The Labute approximate surface area is 145 Å². The Kier molecular flexibility index (Phi) is 4.71. The van der Waals surface area contributed by atoms with E-state index >= 15 is 0 Å². The molecule has 24 heavy (non-hydrogen) atoms. The number of rotatable bonds is 4. The molecule has 0 aliphatic carbocycles. The average molecular weight is 345 g/mol. The molecule has 1 saturated heterocycles. The predicted molar refractivity (Wildman–Crippen MR) is 93.5 cm³/mol. The van der Waals surface area contributed by atoms with Crippen molar-refractivity contribution in [2.45, 2.75) is 6.42 Å². The molecule has 2 aromatic carbocycles. The van der Waals surface area contributed by atoms with Crippen molar-refractivity contribution in [3.63, 3.8) is 0 Å². The van der Waals surface area contributed by atoms with Crippen LogP contribution < -0.4 is 15.0 Å². The lowest BCUT2D eigenvalue weighted by Crippen LogP contribution is -2.28. The molecule has 1 aliphatic rings. The molecule has 0 aromatic heterocycles. The number of carbonyl (C=O) groups excluding carboxylic acids is 2. The molecule has 2 amide bonds. The second kappa shape index (κ2) is 6.93. The number of benzene rings is 2. The second-order valence-electron chi connectivity index (χ2n) is 5.61. The zero-order valence-electron chi connectivity index (χ0n) is 13.2. The summed E-state index contributed by atoms with van der Waals surface area (Å²) >= 11 is 5.92. The monoisotopic (exact) mass is 344 g/mol. The van der Waals surface area contributed by atoms with E-state index in [2.05, 4.69) is 5.32 Å². The van der Waals surface area contributed by atoms with E-state index in [9.17, 15) is 9.59 Å². The van der Waals surface area contributed by atoms with Gasteiger partial charge in [-0.1, -0.05) is 23.7 Å². The zero-order valence-corrected chi connectivity index (χ0v) is 13.9. The summed E-state index contributed by atoms with van der Waals surface area (Å²) in [6.07, 6.45) is 0.184. The lowest BCUT2D eigenvalue weighted by molar-refractivity contribution is -0.122. The summed E-state index contributed by atoms with van der Waals surface area (Å²) in [5.41, 5.74) is 1.36. The van der Waals surface area contributed by atoms with Crippen molar-refractivity contribution in [2.24, 2.45) is 5.92 Å². The van der Waals surface area contributed by atoms with Gasteiger partial charge in [0.1, 0.15) is 5.75 Å². The molecule has 0 radical (unpaired) electrons. The number of carbonyl (C=O) groups is 2. The number of methoxy groups -OCH3 is 1. The Morgan fingerprint density at radius 2 is 2.04 bits per heavy atom. The van der Waals surface area contributed by atoms with Crippen molar-refractivity contribution in [1.29, 1.82) is 0 Å². The zero-order chi connectivity index (χ0) is 17.1. The Morgan fingerprint density at radius 1 is 1.25 bits per heavy atom. The van der Waals surface area contributed by atoms with E-state index in [1.807, 2.05) is 18.2 Å². The molecule has 3 rings (SSSR count). The molecule has 5 nitrogen and oxygen atoms in total. The Hall–Kier alpha value is -2.53. The van der Waals surface area contributed by atoms with Crippen molar-refractivity contribution in [2.75, 3.05) is 23.9 Å². The molecule has 1 N–H and O–H groups in total. The van der Waals surface area contributed by atoms with Crippen LogP contribution in [0.4, 0.5) is 11.4 Å². The van der Waals surface area contributed by atoms with Gasteiger partial charge in [-0.3, -0.25) is 9.59 Å². The van der Waals surface area contributed by atoms with Crippen LogP contribution in [0.15, 0.2) is 48.5 Å². The van der Waals surface area contributed by atoms with E-state index < -0.39 is 5.92 Å². The quantitative estimate of drug-likeness (QED) is 0.925. The highest BCUT2D eigenvalue weighted by Crippen LogP contribution is 2.28. The summed E-state index contributed by atoms with van der Waals surface area (Å²) in [4.78, 5) is 26.3. The molecule has 6 heteroatoms. The van der Waals surface area contributed by atoms with E-state index in [0.29, 0.717) is 23.0 Å². The van der Waals surface area contributed by atoms with Gasteiger partial charge in [-0.15, -0.1) is 0 Å². The van der Waals surface area contributed by atoms with Crippen molar-refractivity contribution in [1.82, 2.24) is 0 Å². The van der Waals surface area contributed by atoms with Crippen molar-refractivity contribution in [3.05, 3.63) is 53.6 Å². The molecule has 0 bridgehead atoms. The van der Waals surface area contributed by atoms with Crippen LogP contribution in [0.25, 0.3) is 0 Å². The van der Waals surface area contributed by atoms with Crippen molar-refractivity contribution >= 4 is 34.8 Å². The minimum Gasteiger partial charge on any atom is -0.497 e. The summed E-state index contributed by atoms with van der Waals surface area (Å²) in [5, 5.41) is 3.36. The van der Waals surface area contributed by atoms with Crippen molar-refractivity contribution < 1.29 is 14.3 Å². The van der Waals surface area contributed by atoms with E-state index in [0.717, 1.165) is 5.69 Å². The lowest BCUT2D eigenvalue weighted by atomic mass is 10.1. The first-order chi connectivity index (χ1) is 11.6. The largest absolute Gasteiger partial charge is 0.497 e. The van der Waals surface area contributed by atoms with Gasteiger partial charge in [0.2, 0.25) is 11.8 Å². The molecule has 2 aromatic rings. The average Bonchev–Trinajstić information content (AvgIpc) is 2.97. The molecule has 1 atom stereocenters. The molecule has 0 spiro atoms. The van der Waals surface area contributed by atoms with E-state index in [1.54, 1.807) is 42.3 Å². The predicted octanol–water partition coefficient (Wildman–Crippen LogP) is 3.34. The number of amides is 2. The van der Waals surface area contributed by atoms with Crippen LogP contribution in [-0.2, 0) is 9.59 Å². The van der Waals surface area contributed by atoms with Crippen LogP contribution >= 0.6 is 11.6 Å². The maximum absolute atomic E-state index is 12.4. The fourth-order valence-electron chi connectivity index (χ4n) is 2.72. The molecule has 124 valence electrons. The first-order valence-corrected chi connectivity index (χ1v) is 7.95. The fraction of sp³-hybridized carbons (Fsp3) is 0.222. The molecule has 0 saturated carbocycles. The van der Waals surface area contributed by atoms with Gasteiger partial charge in [0.05, 0.1) is 13.0 Å². The molecular weight excluding hydrogens is 328 g/mol. The standard InChI is InChI=1S/C18H17ClN2O3/c1-24-16-7-3-6-15(10-16)21-11-12(8-17(21)22)18(23)20-14-5-2-4-13(19)9-14/h2-7,9-10,12H,8,11H2,1H3,(H,20,23). The summed E-state index contributed by atoms with van der Waals surface area (Å²) < 4.78 is 5.18. The highest BCUT2D eigenvalue weighted by atomic mass is 35.5. The van der Waals surface area contributed by atoms with E-state index in [4.69, 9.17) is 16.3 Å². The highest BCUT2D eigenvalue weighted by Gasteiger charge is 2.35. The van der Waals surface area contributed by atoms with Gasteiger partial charge in [-0.2, -0.15) is 0 Å². The minimum absolute atomic E-state index is 0.0745. The fourth-order valence-corrected chi connectivity index (χ4v) is 2.91. The first kappa shape index (κ1) is 16.3. The van der Waals surface area contributed by atoms with Gasteiger partial charge in [0, 0.05) is 35.4 Å². The molecular formula is C18H17ClN2O3. The summed E-state index contributed by atoms with van der Waals surface area (Å²) in [6, 6.07) is 14.2. The number of hydrogen-bond acceptors (Lipinski definition) is 3. The third-order valence-corrected chi connectivity index (χ3v) is 4.19. The maximum Gasteiger partial charge on any atom is 0.229 e. The Morgan fingerprint density at radius 3 is 2.79 bits per heavy atom. The van der Waals surface area contributed by atoms with Crippen LogP contribution in [0, 0.1) is 5.92 Å². The minimum atomic E-state index is -0.400. The Bertz CT molecular complexity index is 778. The van der Waals surface area contributed by atoms with Crippen LogP contribution in [0.1, 0.15) is 6.42 Å². The van der Waals surface area contributed by atoms with Crippen LogP contribution in [-0.4, -0.2) is 25.5 Å². The maximum atomic E-state index is 12.4. The van der Waals surface area contributed by atoms with Gasteiger partial charge < -0.3 is 15.0 Å². The van der Waals surface area contributed by atoms with Crippen LogP contribution in [0.5, 0.6) is 5.75 Å². The van der Waals surface area contributed by atoms with Gasteiger partial charge >= 0.3 is 0 Å². The summed E-state index contributed by atoms with van der Waals surface area (Å²) in [5.74, 6) is 0.0142. The summed E-state index contributed by atoms with van der Waals surface area (Å²) in [6.45, 7) is 0.346. The first-order valence-electron chi connectivity index (χ1n) is 7.57. The van der Waals surface area contributed by atoms with Gasteiger partial charge in [0.15, 0.2) is 0 Å². The number of nitrogens with zero attached hydrogens (tertiary/aromatic N) is 1. The second-order valence-corrected chi connectivity index (χ2v) is 6.04. The van der Waals surface area contributed by atoms with Crippen LogP contribution in [0.2, 0.25) is 5.02 Å². The third-order valence-electron chi connectivity index (χ3n) is 3.95. The highest BCUT2D eigenvalue weighted by molar-refractivity contribution is 6.30. The van der Waals surface area contributed by atoms with Crippen molar-refractivity contribution in [3.8, 4) is 5.75 Å². The number of ether oxygens (including phenoxy) is 1. The number of anilines is 2. The summed E-state index contributed by atoms with van der Waals surface area (Å²) in [7, 11) is 1.58. The lowest BCUT2D eigenvalue weighted by Gasteiger charge is -2.17. The molecule has 1 aliphatic heterocycles. The van der Waals surface area contributed by atoms with Gasteiger partial charge in [0.25, 0.3) is 0 Å². The van der Waals surface area contributed by atoms with Gasteiger partial charge in [-0.05, 0) is 30.3 Å². The topological polar surface area (TPSA) is 58.6 Å². The SMILES string of the molecule is COc1cccc(N2CC(C(=O)Nc3cccc(Cl)c3)CC2=O)c1. The van der Waals surface area contributed by atoms with Gasteiger partial charge in [-0.25, -0.2) is 0 Å². The molecule has 1 fully saturated rings. The smallest absolute Gasteiger partial charge is 0.229 e. The number of nitrogens with one attached hydrogen (secondary N) is 1. The Balaban J connectivity index is 1.70. The normalized spacial score (nSPS) is 17.0. The number of hydrogen-bond donors (Lipinski definition) is 1. The number of halogens is 1. The van der Waals surface area contributed by atoms with E-state index in [-0.39, 0.29) is 18.2 Å². The van der Waals surface area contributed by atoms with E-state index in [1.165, 1.54) is 0 Å². The molecule has 1 unspecified atom stereocenters. The third kappa shape index (κ3) is 3.51. The van der Waals surface area contributed by atoms with Crippen LogP contribution in [0.3, 0.4) is 0 Å².